The van der Waals surface area contributed by atoms with Gasteiger partial charge in [-0.2, -0.15) is 0 Å². The second kappa shape index (κ2) is 8.99. The molecular weight excluding hydrogens is 316 g/mol. The van der Waals surface area contributed by atoms with Gasteiger partial charge in [0.25, 0.3) is 0 Å². The zero-order chi connectivity index (χ0) is 18.3. The lowest BCUT2D eigenvalue weighted by Gasteiger charge is -2.31. The summed E-state index contributed by atoms with van der Waals surface area (Å²) in [7, 11) is 0. The monoisotopic (exact) mass is 346 g/mol. The Kier molecular flexibility index (Phi) is 7.00. The van der Waals surface area contributed by atoms with E-state index in [9.17, 15) is 9.59 Å². The summed E-state index contributed by atoms with van der Waals surface area (Å²) in [5.74, 6) is -0.0913. The first-order chi connectivity index (χ1) is 11.9. The van der Waals surface area contributed by atoms with Gasteiger partial charge in [0.15, 0.2) is 0 Å². The molecule has 0 saturated carbocycles. The smallest absolute Gasteiger partial charge is 0.245 e. The van der Waals surface area contributed by atoms with Crippen molar-refractivity contribution in [2.45, 2.75) is 46.1 Å². The van der Waals surface area contributed by atoms with Crippen molar-refractivity contribution in [3.8, 4) is 0 Å². The van der Waals surface area contributed by atoms with Crippen molar-refractivity contribution in [1.82, 2.24) is 10.2 Å². The first kappa shape index (κ1) is 19.4. The third-order valence-electron chi connectivity index (χ3n) is 4.77. The minimum Gasteiger partial charge on any atom is -0.378 e. The molecule has 1 saturated heterocycles. The van der Waals surface area contributed by atoms with Crippen LogP contribution in [-0.2, 0) is 20.7 Å². The molecule has 1 fully saturated rings. The lowest BCUT2D eigenvalue weighted by atomic mass is 9.85. The van der Waals surface area contributed by atoms with Crippen LogP contribution in [0.5, 0.6) is 0 Å². The first-order valence-corrected chi connectivity index (χ1v) is 9.11. The highest BCUT2D eigenvalue weighted by atomic mass is 16.5. The SMILES string of the molecule is CC(NC(=O)C(C)(C)CCCc1ccccc1)C(=O)N1CCOCC1. The van der Waals surface area contributed by atoms with Crippen LogP contribution < -0.4 is 5.32 Å². The maximum Gasteiger partial charge on any atom is 0.245 e. The van der Waals surface area contributed by atoms with Gasteiger partial charge in [-0.3, -0.25) is 9.59 Å². The summed E-state index contributed by atoms with van der Waals surface area (Å²) in [5, 5.41) is 2.89. The molecule has 138 valence electrons. The van der Waals surface area contributed by atoms with Crippen LogP contribution >= 0.6 is 0 Å². The first-order valence-electron chi connectivity index (χ1n) is 9.11. The van der Waals surface area contributed by atoms with Crippen LogP contribution in [0.2, 0.25) is 0 Å². The second-order valence-electron chi connectivity index (χ2n) is 7.36. The fraction of sp³-hybridized carbons (Fsp3) is 0.600. The molecule has 1 aliphatic heterocycles. The number of carbonyl (C=O) groups is 2. The number of aryl methyl sites for hydroxylation is 1. The van der Waals surface area contributed by atoms with Gasteiger partial charge in [0, 0.05) is 18.5 Å². The lowest BCUT2D eigenvalue weighted by Crippen LogP contribution is -2.52. The number of benzene rings is 1. The molecule has 2 rings (SSSR count). The Bertz CT molecular complexity index is 566. The summed E-state index contributed by atoms with van der Waals surface area (Å²) in [5.41, 5.74) is 0.795. The highest BCUT2D eigenvalue weighted by Crippen LogP contribution is 2.24. The number of nitrogens with one attached hydrogen (secondary N) is 1. The maximum atomic E-state index is 12.6. The zero-order valence-electron chi connectivity index (χ0n) is 15.6. The third-order valence-corrected chi connectivity index (χ3v) is 4.77. The fourth-order valence-corrected chi connectivity index (χ4v) is 3.00. The van der Waals surface area contributed by atoms with Crippen LogP contribution in [-0.4, -0.2) is 49.1 Å². The zero-order valence-corrected chi connectivity index (χ0v) is 15.6. The van der Waals surface area contributed by atoms with Gasteiger partial charge < -0.3 is 15.0 Å². The molecule has 2 amide bonds. The third kappa shape index (κ3) is 5.85. The summed E-state index contributed by atoms with van der Waals surface area (Å²) < 4.78 is 5.26. The summed E-state index contributed by atoms with van der Waals surface area (Å²) in [4.78, 5) is 26.8. The van der Waals surface area contributed by atoms with Crippen molar-refractivity contribution in [2.75, 3.05) is 26.3 Å². The predicted octanol–water partition coefficient (Wildman–Crippen LogP) is 2.40. The van der Waals surface area contributed by atoms with E-state index in [1.165, 1.54) is 5.56 Å². The van der Waals surface area contributed by atoms with E-state index in [2.05, 4.69) is 17.4 Å². The largest absolute Gasteiger partial charge is 0.378 e. The molecule has 1 N–H and O–H groups in total. The molecule has 1 aromatic rings. The molecular formula is C20H30N2O3. The van der Waals surface area contributed by atoms with Gasteiger partial charge in [-0.05, 0) is 31.7 Å². The standard InChI is InChI=1S/C20H30N2O3/c1-16(18(23)22-12-14-25-15-13-22)21-19(24)20(2,3)11-7-10-17-8-5-4-6-9-17/h4-6,8-9,16H,7,10-15H2,1-3H3,(H,21,24). The Balaban J connectivity index is 1.79. The molecule has 1 aromatic carbocycles. The lowest BCUT2D eigenvalue weighted by molar-refractivity contribution is -0.141. The average molecular weight is 346 g/mol. The molecule has 5 nitrogen and oxygen atoms in total. The molecule has 0 aliphatic carbocycles. The number of rotatable bonds is 7. The molecule has 25 heavy (non-hydrogen) atoms. The number of hydrogen-bond donors (Lipinski definition) is 1. The second-order valence-corrected chi connectivity index (χ2v) is 7.36. The number of ether oxygens (including phenoxy) is 1. The van der Waals surface area contributed by atoms with Crippen LogP contribution in [0.25, 0.3) is 0 Å². The van der Waals surface area contributed by atoms with Crippen LogP contribution in [0.15, 0.2) is 30.3 Å². The maximum absolute atomic E-state index is 12.6. The van der Waals surface area contributed by atoms with Gasteiger partial charge in [-0.25, -0.2) is 0 Å². The topological polar surface area (TPSA) is 58.6 Å². The van der Waals surface area contributed by atoms with Crippen molar-refractivity contribution in [1.29, 1.82) is 0 Å². The van der Waals surface area contributed by atoms with Crippen molar-refractivity contribution in [3.05, 3.63) is 35.9 Å². The van der Waals surface area contributed by atoms with Crippen molar-refractivity contribution < 1.29 is 14.3 Å². The summed E-state index contributed by atoms with van der Waals surface area (Å²) in [6.45, 7) is 7.97. The molecule has 0 bridgehead atoms. The minimum atomic E-state index is -0.501. The van der Waals surface area contributed by atoms with E-state index in [4.69, 9.17) is 4.74 Å². The molecule has 1 heterocycles. The van der Waals surface area contributed by atoms with Gasteiger partial charge in [-0.15, -0.1) is 0 Å². The summed E-state index contributed by atoms with van der Waals surface area (Å²) >= 11 is 0. The molecule has 1 atom stereocenters. The Labute approximate surface area is 150 Å². The Morgan fingerprint density at radius 2 is 1.84 bits per heavy atom. The highest BCUT2D eigenvalue weighted by molar-refractivity contribution is 5.89. The van der Waals surface area contributed by atoms with Crippen LogP contribution in [0.1, 0.15) is 39.2 Å². The molecule has 1 unspecified atom stereocenters. The van der Waals surface area contributed by atoms with Gasteiger partial charge in [-0.1, -0.05) is 44.2 Å². The predicted molar refractivity (Wildman–Crippen MR) is 98.2 cm³/mol. The Morgan fingerprint density at radius 1 is 1.20 bits per heavy atom. The van der Waals surface area contributed by atoms with E-state index in [-0.39, 0.29) is 11.8 Å². The Morgan fingerprint density at radius 3 is 2.48 bits per heavy atom. The number of amides is 2. The van der Waals surface area contributed by atoms with Crippen LogP contribution in [0, 0.1) is 5.41 Å². The number of nitrogens with zero attached hydrogens (tertiary/aromatic N) is 1. The quantitative estimate of drug-likeness (QED) is 0.825. The highest BCUT2D eigenvalue weighted by Gasteiger charge is 2.31. The summed E-state index contributed by atoms with van der Waals surface area (Å²) in [6, 6.07) is 9.79. The molecule has 1 aliphatic rings. The number of hydrogen-bond acceptors (Lipinski definition) is 3. The van der Waals surface area contributed by atoms with Crippen LogP contribution in [0.3, 0.4) is 0 Å². The van der Waals surface area contributed by atoms with Crippen molar-refractivity contribution in [2.24, 2.45) is 5.41 Å². The summed E-state index contributed by atoms with van der Waals surface area (Å²) in [6.07, 6.45) is 2.68. The van der Waals surface area contributed by atoms with Gasteiger partial charge in [0.1, 0.15) is 6.04 Å². The number of carbonyl (C=O) groups excluding carboxylic acids is 2. The van der Waals surface area contributed by atoms with Crippen molar-refractivity contribution in [3.63, 3.8) is 0 Å². The fourth-order valence-electron chi connectivity index (χ4n) is 3.00. The van der Waals surface area contributed by atoms with Gasteiger partial charge in [0.05, 0.1) is 13.2 Å². The van der Waals surface area contributed by atoms with Crippen molar-refractivity contribution >= 4 is 11.8 Å². The average Bonchev–Trinajstić information content (AvgIpc) is 2.62. The molecule has 5 heteroatoms. The van der Waals surface area contributed by atoms with E-state index >= 15 is 0 Å². The van der Waals surface area contributed by atoms with Gasteiger partial charge in [0.2, 0.25) is 11.8 Å². The van der Waals surface area contributed by atoms with Crippen LogP contribution in [0.4, 0.5) is 0 Å². The normalized spacial score (nSPS) is 16.4. The number of morpholine rings is 1. The molecule has 0 aromatic heterocycles. The van der Waals surface area contributed by atoms with E-state index in [1.54, 1.807) is 11.8 Å². The van der Waals surface area contributed by atoms with Gasteiger partial charge >= 0.3 is 0 Å². The minimum absolute atomic E-state index is 0.0308. The van der Waals surface area contributed by atoms with E-state index < -0.39 is 11.5 Å². The molecule has 0 radical (unpaired) electrons. The van der Waals surface area contributed by atoms with E-state index in [0.717, 1.165) is 19.3 Å². The molecule has 0 spiro atoms. The van der Waals surface area contributed by atoms with E-state index in [0.29, 0.717) is 26.3 Å². The Hall–Kier alpha value is -1.88. The van der Waals surface area contributed by atoms with E-state index in [1.807, 2.05) is 32.0 Å².